The third-order valence-corrected chi connectivity index (χ3v) is 10.4. The number of anilines is 2. The number of benzene rings is 3. The molecular weight excluding hydrogens is 736 g/mol. The Labute approximate surface area is 317 Å². The van der Waals surface area contributed by atoms with Crippen molar-refractivity contribution in [2.24, 2.45) is 0 Å². The largest absolute Gasteiger partial charge is 0.484 e. The summed E-state index contributed by atoms with van der Waals surface area (Å²) in [6.07, 6.45) is -2.02. The molecule has 3 N–H and O–H groups in total. The summed E-state index contributed by atoms with van der Waals surface area (Å²) in [5.74, 6) is -0.349. The number of piperidine rings is 1. The highest BCUT2D eigenvalue weighted by atomic mass is 32.1. The van der Waals surface area contributed by atoms with Crippen molar-refractivity contribution in [3.05, 3.63) is 89.6 Å². The molecule has 5 aromatic rings. The fourth-order valence-electron chi connectivity index (χ4n) is 6.51. The smallest absolute Gasteiger partial charge is 0.417 e. The summed E-state index contributed by atoms with van der Waals surface area (Å²) in [4.78, 5) is 61.3. The molecule has 2 aliphatic rings. The number of fused-ring (bicyclic) bond motifs is 2. The highest BCUT2D eigenvalue weighted by Crippen LogP contribution is 2.42. The van der Waals surface area contributed by atoms with Crippen molar-refractivity contribution in [2.75, 3.05) is 44.0 Å². The van der Waals surface area contributed by atoms with Gasteiger partial charge in [-0.2, -0.15) is 13.2 Å². The molecule has 4 heterocycles. The number of hydrogen-bond donors (Lipinski definition) is 3. The molecule has 7 rings (SSSR count). The maximum atomic E-state index is 14.3. The fraction of sp³-hybridized carbons (Fsp3) is 0.282. The van der Waals surface area contributed by atoms with Crippen LogP contribution in [0.2, 0.25) is 0 Å². The molecule has 1 saturated heterocycles. The number of halogens is 3. The van der Waals surface area contributed by atoms with Crippen molar-refractivity contribution in [1.29, 1.82) is 0 Å². The van der Waals surface area contributed by atoms with Gasteiger partial charge in [0.25, 0.3) is 11.8 Å². The average Bonchev–Trinajstić information content (AvgIpc) is 3.73. The number of thiazole rings is 1. The predicted molar refractivity (Wildman–Crippen MR) is 202 cm³/mol. The lowest BCUT2D eigenvalue weighted by Crippen LogP contribution is -2.52. The van der Waals surface area contributed by atoms with Gasteiger partial charge < -0.3 is 25.2 Å². The lowest BCUT2D eigenvalue weighted by molar-refractivity contribution is -0.138. The molecule has 2 aromatic heterocycles. The number of imide groups is 1. The van der Waals surface area contributed by atoms with E-state index in [2.05, 4.69) is 25.9 Å². The van der Waals surface area contributed by atoms with Gasteiger partial charge in [0, 0.05) is 68.7 Å². The van der Waals surface area contributed by atoms with Crippen molar-refractivity contribution >= 4 is 56.7 Å². The van der Waals surface area contributed by atoms with Crippen LogP contribution in [-0.4, -0.2) is 78.3 Å². The predicted octanol–water partition coefficient (Wildman–Crippen LogP) is 5.87. The Bertz CT molecular complexity index is 2290. The lowest BCUT2D eigenvalue weighted by atomic mass is 10.00. The minimum Gasteiger partial charge on any atom is -0.484 e. The molecule has 0 aliphatic carbocycles. The van der Waals surface area contributed by atoms with Crippen LogP contribution >= 0.6 is 11.3 Å². The Hall–Kier alpha value is -6.03. The highest BCUT2D eigenvalue weighted by Gasteiger charge is 2.39. The monoisotopic (exact) mass is 771 g/mol. The van der Waals surface area contributed by atoms with E-state index < -0.39 is 23.7 Å². The molecule has 16 heteroatoms. The molecule has 284 valence electrons. The van der Waals surface area contributed by atoms with E-state index in [0.717, 1.165) is 16.5 Å². The zero-order valence-electron chi connectivity index (χ0n) is 29.8. The Morgan fingerprint density at radius 2 is 1.80 bits per heavy atom. The van der Waals surface area contributed by atoms with E-state index in [-0.39, 0.29) is 54.3 Å². The van der Waals surface area contributed by atoms with Crippen LogP contribution in [0.5, 0.6) is 5.75 Å². The van der Waals surface area contributed by atoms with Crippen LogP contribution in [0.1, 0.15) is 40.7 Å². The third-order valence-electron chi connectivity index (χ3n) is 9.35. The quantitative estimate of drug-likeness (QED) is 0.105. The van der Waals surface area contributed by atoms with Crippen molar-refractivity contribution in [3.63, 3.8) is 0 Å². The summed E-state index contributed by atoms with van der Waals surface area (Å²) in [6, 6.07) is 17.3. The number of carbonyl (C=O) groups is 4. The minimum absolute atomic E-state index is 0.00671. The highest BCUT2D eigenvalue weighted by molar-refractivity contribution is 7.21. The van der Waals surface area contributed by atoms with Gasteiger partial charge in [-0.05, 0) is 78.6 Å². The molecule has 12 nitrogen and oxygen atoms in total. The van der Waals surface area contributed by atoms with Gasteiger partial charge in [-0.1, -0.05) is 12.1 Å². The third kappa shape index (κ3) is 8.23. The van der Waals surface area contributed by atoms with E-state index >= 15 is 0 Å². The van der Waals surface area contributed by atoms with Crippen molar-refractivity contribution in [2.45, 2.75) is 38.0 Å². The van der Waals surface area contributed by atoms with Crippen LogP contribution in [0, 0.1) is 0 Å². The first kappa shape index (κ1) is 37.3. The summed E-state index contributed by atoms with van der Waals surface area (Å²) in [5, 5.41) is 8.63. The second-order valence-corrected chi connectivity index (χ2v) is 14.4. The van der Waals surface area contributed by atoms with E-state index in [1.807, 2.05) is 31.1 Å². The standard InChI is InChI=1S/C39H36F3N7O5S/c1-48(2)33-12-5-23(19-45-33)22-4-8-28(29(17-22)39(40,41)42)37-46-30-10-6-25(18-32(30)55-37)43-14-3-15-44-35(51)21-54-26-7-9-27-24(16-26)20-49(38(27)53)31-11-13-34(50)47-36(31)52/h4-10,12,16-19,31,43H,3,11,13-15,20-21H2,1-2H3,(H,44,51)(H,47,50,52). The number of nitrogens with zero attached hydrogens (tertiary/aromatic N) is 4. The maximum absolute atomic E-state index is 14.3. The molecule has 4 amide bonds. The second kappa shape index (κ2) is 15.4. The molecule has 3 aromatic carbocycles. The number of nitrogens with one attached hydrogen (secondary N) is 3. The van der Waals surface area contributed by atoms with Crippen molar-refractivity contribution < 1.29 is 37.1 Å². The van der Waals surface area contributed by atoms with Crippen LogP contribution in [0.25, 0.3) is 31.9 Å². The van der Waals surface area contributed by atoms with Gasteiger partial charge in [-0.3, -0.25) is 24.5 Å². The van der Waals surface area contributed by atoms with Crippen molar-refractivity contribution in [3.8, 4) is 27.4 Å². The zero-order chi connectivity index (χ0) is 38.9. The van der Waals surface area contributed by atoms with E-state index in [9.17, 15) is 32.3 Å². The molecule has 1 atom stereocenters. The van der Waals surface area contributed by atoms with E-state index in [4.69, 9.17) is 4.74 Å². The van der Waals surface area contributed by atoms with Crippen LogP contribution in [0.3, 0.4) is 0 Å². The van der Waals surface area contributed by atoms with Gasteiger partial charge in [-0.25, -0.2) is 9.97 Å². The first-order valence-electron chi connectivity index (χ1n) is 17.5. The summed E-state index contributed by atoms with van der Waals surface area (Å²) < 4.78 is 49.3. The Balaban J connectivity index is 0.895. The van der Waals surface area contributed by atoms with Crippen molar-refractivity contribution in [1.82, 2.24) is 25.5 Å². The number of pyridine rings is 1. The summed E-state index contributed by atoms with van der Waals surface area (Å²) in [6.45, 7) is 0.854. The summed E-state index contributed by atoms with van der Waals surface area (Å²) in [5.41, 5.74) is 2.69. The molecule has 2 aliphatic heterocycles. The average molecular weight is 772 g/mol. The zero-order valence-corrected chi connectivity index (χ0v) is 30.6. The summed E-state index contributed by atoms with van der Waals surface area (Å²) >= 11 is 1.18. The first-order chi connectivity index (χ1) is 26.3. The summed E-state index contributed by atoms with van der Waals surface area (Å²) in [7, 11) is 3.68. The number of aromatic nitrogens is 2. The molecular formula is C39H36F3N7O5S. The molecule has 1 fully saturated rings. The van der Waals surface area contributed by atoms with Gasteiger partial charge >= 0.3 is 6.18 Å². The van der Waals surface area contributed by atoms with Gasteiger partial charge in [0.1, 0.15) is 22.6 Å². The number of amides is 4. The fourth-order valence-corrected chi connectivity index (χ4v) is 7.55. The molecule has 0 saturated carbocycles. The number of carbonyl (C=O) groups excluding carboxylic acids is 4. The van der Waals surface area contributed by atoms with Crippen LogP contribution < -0.4 is 25.6 Å². The molecule has 55 heavy (non-hydrogen) atoms. The van der Waals surface area contributed by atoms with Gasteiger partial charge in [0.2, 0.25) is 11.8 Å². The molecule has 0 bridgehead atoms. The molecule has 0 radical (unpaired) electrons. The number of alkyl halides is 3. The normalized spacial score (nSPS) is 15.5. The minimum atomic E-state index is -4.60. The van der Waals surface area contributed by atoms with E-state index in [1.54, 1.807) is 48.7 Å². The first-order valence-corrected chi connectivity index (χ1v) is 18.3. The second-order valence-electron chi connectivity index (χ2n) is 13.4. The lowest BCUT2D eigenvalue weighted by Gasteiger charge is -2.29. The van der Waals surface area contributed by atoms with Gasteiger partial charge in [-0.15, -0.1) is 11.3 Å². The topological polar surface area (TPSA) is 146 Å². The van der Waals surface area contributed by atoms with Gasteiger partial charge in [0.05, 0.1) is 15.8 Å². The van der Waals surface area contributed by atoms with Gasteiger partial charge in [0.15, 0.2) is 6.61 Å². The number of ether oxygens (including phenoxy) is 1. The number of rotatable bonds is 12. The van der Waals surface area contributed by atoms with Crippen LogP contribution in [0.15, 0.2) is 72.9 Å². The Morgan fingerprint density at radius 1 is 1.00 bits per heavy atom. The molecule has 0 spiro atoms. The Morgan fingerprint density at radius 3 is 2.55 bits per heavy atom. The van der Waals surface area contributed by atoms with Crippen LogP contribution in [-0.2, 0) is 27.1 Å². The maximum Gasteiger partial charge on any atom is 0.417 e. The van der Waals surface area contributed by atoms with Crippen LogP contribution in [0.4, 0.5) is 24.7 Å². The Kier molecular flexibility index (Phi) is 10.4. The SMILES string of the molecule is CN(C)c1ccc(-c2ccc(-c3nc4ccc(NCCCNC(=O)COc5ccc6c(c5)CN(C5CCC(=O)NC5=O)C6=O)cc4s3)c(C(F)(F)F)c2)cn1. The van der Waals surface area contributed by atoms with E-state index in [0.29, 0.717) is 58.8 Å². The van der Waals surface area contributed by atoms with E-state index in [1.165, 1.54) is 22.3 Å². The number of hydrogen-bond acceptors (Lipinski definition) is 10. The molecule has 1 unspecified atom stereocenters.